The molecule has 2 heterocycles. The van der Waals surface area contributed by atoms with Gasteiger partial charge in [0.1, 0.15) is 5.52 Å². The Morgan fingerprint density at radius 1 is 0.810 bits per heavy atom. The van der Waals surface area contributed by atoms with Crippen LogP contribution in [0, 0.1) is 0 Å². The Labute approximate surface area is 157 Å². The summed E-state index contributed by atoms with van der Waals surface area (Å²) in [6.07, 6.45) is 0. The summed E-state index contributed by atoms with van der Waals surface area (Å²) < 4.78 is 6.12. The summed E-state index contributed by atoms with van der Waals surface area (Å²) >= 11 is 14.5. The minimum atomic E-state index is 0.966. The third kappa shape index (κ3) is 2.71. The van der Waals surface area contributed by atoms with Crippen molar-refractivity contribution >= 4 is 80.7 Å². The average molecular weight is 546 g/mol. The quantitative estimate of drug-likeness (QED) is 0.393. The molecule has 3 rings (SSSR count). The maximum Gasteiger partial charge on any atom is 0.206 e. The highest BCUT2D eigenvalue weighted by atomic mass is 79.9. The predicted octanol–water partition coefficient (Wildman–Crippen LogP) is 4.38. The van der Waals surface area contributed by atoms with Crippen LogP contribution in [0.3, 0.4) is 0 Å². The van der Waals surface area contributed by atoms with Crippen LogP contribution < -0.4 is 4.90 Å². The van der Waals surface area contributed by atoms with Crippen molar-refractivity contribution in [3.8, 4) is 0 Å². The Bertz CT molecular complexity index is 704. The highest BCUT2D eigenvalue weighted by Gasteiger charge is 2.24. The van der Waals surface area contributed by atoms with Gasteiger partial charge in [0, 0.05) is 42.2 Å². The van der Waals surface area contributed by atoms with Gasteiger partial charge in [-0.1, -0.05) is 0 Å². The molecule has 1 saturated heterocycles. The number of rotatable bonds is 1. The molecule has 1 aromatic heterocycles. The summed E-state index contributed by atoms with van der Waals surface area (Å²) in [5, 5.41) is 0. The van der Waals surface area contributed by atoms with Crippen LogP contribution in [0.2, 0.25) is 0 Å². The number of aryl methyl sites for hydroxylation is 1. The van der Waals surface area contributed by atoms with E-state index in [2.05, 4.69) is 92.2 Å². The van der Waals surface area contributed by atoms with Crippen LogP contribution in [0.15, 0.2) is 17.9 Å². The molecule has 0 aliphatic carbocycles. The monoisotopic (exact) mass is 542 g/mol. The fourth-order valence-electron chi connectivity index (χ4n) is 2.58. The first-order valence-corrected chi connectivity index (χ1v) is 9.71. The van der Waals surface area contributed by atoms with E-state index in [0.29, 0.717) is 0 Å². The first-order chi connectivity index (χ1) is 9.91. The van der Waals surface area contributed by atoms with Crippen LogP contribution in [0.25, 0.3) is 11.0 Å². The number of hydrogen-bond donors (Lipinski definition) is 0. The second-order valence-corrected chi connectivity index (χ2v) is 8.39. The number of aromatic nitrogens is 2. The Kier molecular flexibility index (Phi) is 4.72. The zero-order valence-corrected chi connectivity index (χ0v) is 18.0. The Hall–Kier alpha value is 0.370. The smallest absolute Gasteiger partial charge is 0.206 e. The number of nitrogens with zero attached hydrogens (tertiary/aromatic N) is 4. The number of benzene rings is 1. The van der Waals surface area contributed by atoms with Gasteiger partial charge in [0.25, 0.3) is 0 Å². The van der Waals surface area contributed by atoms with Gasteiger partial charge in [-0.25, -0.2) is 4.98 Å². The highest BCUT2D eigenvalue weighted by Crippen LogP contribution is 2.44. The van der Waals surface area contributed by atoms with E-state index in [1.807, 2.05) is 0 Å². The molecule has 0 amide bonds. The zero-order chi connectivity index (χ0) is 15.3. The molecule has 1 aliphatic heterocycles. The van der Waals surface area contributed by atoms with Gasteiger partial charge in [-0.2, -0.15) is 0 Å². The van der Waals surface area contributed by atoms with Crippen molar-refractivity contribution in [2.45, 2.75) is 0 Å². The molecule has 1 fully saturated rings. The van der Waals surface area contributed by atoms with Gasteiger partial charge in [-0.3, -0.25) is 0 Å². The van der Waals surface area contributed by atoms with Gasteiger partial charge in [0.15, 0.2) is 0 Å². The van der Waals surface area contributed by atoms with E-state index in [1.165, 1.54) is 0 Å². The van der Waals surface area contributed by atoms with Gasteiger partial charge in [-0.05, 0) is 70.8 Å². The minimum absolute atomic E-state index is 0.966. The second-order valence-electron chi connectivity index (χ2n) is 5.21. The Morgan fingerprint density at radius 3 is 2.00 bits per heavy atom. The summed E-state index contributed by atoms with van der Waals surface area (Å²) in [5.74, 6) is 1.02. The molecule has 8 heteroatoms. The van der Waals surface area contributed by atoms with Gasteiger partial charge in [-0.15, -0.1) is 0 Å². The van der Waals surface area contributed by atoms with Crippen LogP contribution in [-0.4, -0.2) is 47.7 Å². The second kappa shape index (κ2) is 6.11. The molecule has 0 bridgehead atoms. The van der Waals surface area contributed by atoms with Crippen molar-refractivity contribution in [3.63, 3.8) is 0 Å². The van der Waals surface area contributed by atoms with Crippen LogP contribution in [0.5, 0.6) is 0 Å². The highest BCUT2D eigenvalue weighted by molar-refractivity contribution is 9.15. The lowest BCUT2D eigenvalue weighted by molar-refractivity contribution is 0.310. The average Bonchev–Trinajstić information content (AvgIpc) is 2.81. The normalized spacial score (nSPS) is 17.0. The van der Waals surface area contributed by atoms with Crippen molar-refractivity contribution < 1.29 is 0 Å². The lowest BCUT2D eigenvalue weighted by atomic mass is 10.3. The summed E-state index contributed by atoms with van der Waals surface area (Å²) in [6, 6.07) is 0. The fourth-order valence-corrected chi connectivity index (χ4v) is 5.01. The first-order valence-electron chi connectivity index (χ1n) is 6.53. The van der Waals surface area contributed by atoms with Gasteiger partial charge < -0.3 is 14.4 Å². The molecule has 0 spiro atoms. The van der Waals surface area contributed by atoms with Crippen LogP contribution in [-0.2, 0) is 7.05 Å². The molecule has 21 heavy (non-hydrogen) atoms. The summed E-state index contributed by atoms with van der Waals surface area (Å²) in [5.41, 5.74) is 2.05. The molecule has 1 aliphatic rings. The number of anilines is 1. The number of likely N-dealkylation sites (N-methyl/N-ethyl adjacent to an activating group) is 1. The van der Waals surface area contributed by atoms with E-state index in [1.54, 1.807) is 0 Å². The van der Waals surface area contributed by atoms with Crippen molar-refractivity contribution in [2.75, 3.05) is 38.1 Å². The molecule has 0 atom stereocenters. The molecule has 114 valence electrons. The van der Waals surface area contributed by atoms with Crippen LogP contribution in [0.1, 0.15) is 0 Å². The van der Waals surface area contributed by atoms with E-state index in [0.717, 1.165) is 61.1 Å². The molecule has 0 unspecified atom stereocenters. The maximum atomic E-state index is 4.87. The Morgan fingerprint density at radius 2 is 1.38 bits per heavy atom. The van der Waals surface area contributed by atoms with Crippen molar-refractivity contribution in [3.05, 3.63) is 17.9 Å². The molecule has 0 N–H and O–H groups in total. The summed E-state index contributed by atoms with van der Waals surface area (Å²) in [6.45, 7) is 4.15. The number of piperazine rings is 1. The summed E-state index contributed by atoms with van der Waals surface area (Å²) in [7, 11) is 4.23. The molecule has 0 radical (unpaired) electrons. The van der Waals surface area contributed by atoms with E-state index in [4.69, 9.17) is 4.98 Å². The topological polar surface area (TPSA) is 24.3 Å². The standard InChI is InChI=1S/C13H14Br4N4/c1-19-3-5-21(6-4-19)13-18-11-9(16)7(14)8(15)10(17)12(11)20(13)2/h3-6H2,1-2H3. The van der Waals surface area contributed by atoms with E-state index in [9.17, 15) is 0 Å². The number of imidazole rings is 1. The van der Waals surface area contributed by atoms with Gasteiger partial charge >= 0.3 is 0 Å². The number of halogens is 4. The number of fused-ring (bicyclic) bond motifs is 1. The molecule has 1 aromatic carbocycles. The van der Waals surface area contributed by atoms with Crippen molar-refractivity contribution in [1.29, 1.82) is 0 Å². The van der Waals surface area contributed by atoms with Gasteiger partial charge in [0.2, 0.25) is 5.95 Å². The van der Waals surface area contributed by atoms with Crippen molar-refractivity contribution in [2.24, 2.45) is 7.05 Å². The molecule has 2 aromatic rings. The van der Waals surface area contributed by atoms with Crippen LogP contribution >= 0.6 is 63.7 Å². The number of hydrogen-bond acceptors (Lipinski definition) is 3. The minimum Gasteiger partial charge on any atom is -0.340 e. The third-order valence-electron chi connectivity index (χ3n) is 3.85. The Balaban J connectivity index is 2.16. The maximum absolute atomic E-state index is 4.87. The predicted molar refractivity (Wildman–Crippen MR) is 101 cm³/mol. The van der Waals surface area contributed by atoms with Crippen LogP contribution in [0.4, 0.5) is 5.95 Å². The molecular weight excluding hydrogens is 532 g/mol. The zero-order valence-electron chi connectivity index (χ0n) is 11.6. The van der Waals surface area contributed by atoms with E-state index in [-0.39, 0.29) is 0 Å². The molecular formula is C13H14Br4N4. The largest absolute Gasteiger partial charge is 0.340 e. The fraction of sp³-hybridized carbons (Fsp3) is 0.462. The molecule has 4 nitrogen and oxygen atoms in total. The lowest BCUT2D eigenvalue weighted by Crippen LogP contribution is -2.45. The lowest BCUT2D eigenvalue weighted by Gasteiger charge is -2.33. The summed E-state index contributed by atoms with van der Waals surface area (Å²) in [4.78, 5) is 9.56. The van der Waals surface area contributed by atoms with E-state index < -0.39 is 0 Å². The van der Waals surface area contributed by atoms with Gasteiger partial charge in [0.05, 0.1) is 14.5 Å². The van der Waals surface area contributed by atoms with E-state index >= 15 is 0 Å². The SMILES string of the molecule is CN1CCN(c2nc3c(Br)c(Br)c(Br)c(Br)c3n2C)CC1. The third-order valence-corrected chi connectivity index (χ3v) is 8.58. The molecule has 0 saturated carbocycles. The first kappa shape index (κ1) is 16.2. The van der Waals surface area contributed by atoms with Crippen molar-refractivity contribution in [1.82, 2.24) is 14.5 Å².